The number of rotatable bonds is 0. The van der Waals surface area contributed by atoms with E-state index in [0.29, 0.717) is 12.1 Å². The zero-order chi connectivity index (χ0) is 10.2. The number of ether oxygens (including phenoxy) is 2. The second kappa shape index (κ2) is 7.21. The van der Waals surface area contributed by atoms with Crippen LogP contribution in [0.3, 0.4) is 0 Å². The van der Waals surface area contributed by atoms with Gasteiger partial charge in [-0.15, -0.1) is 0 Å². The molecule has 1 atom stereocenters. The molecule has 2 heterocycles. The van der Waals surface area contributed by atoms with Crippen molar-refractivity contribution in [1.29, 1.82) is 0 Å². The van der Waals surface area contributed by atoms with Crippen LogP contribution in [0, 0.1) is 0 Å². The molecule has 3 rings (SSSR count). The van der Waals surface area contributed by atoms with Crippen molar-refractivity contribution in [2.24, 2.45) is 5.73 Å². The summed E-state index contributed by atoms with van der Waals surface area (Å²) in [5, 5.41) is 0. The van der Waals surface area contributed by atoms with Gasteiger partial charge in [-0.3, -0.25) is 0 Å². The van der Waals surface area contributed by atoms with Gasteiger partial charge in [0.1, 0.15) is 0 Å². The first kappa shape index (κ1) is 12.0. The fourth-order valence-electron chi connectivity index (χ4n) is 1.23. The largest absolute Gasteiger partial charge is 0.377 e. The molecule has 84 valence electrons. The molecule has 3 heteroatoms. The van der Waals surface area contributed by atoms with Gasteiger partial charge >= 0.3 is 0 Å². The van der Waals surface area contributed by atoms with Crippen molar-refractivity contribution < 1.29 is 9.47 Å². The van der Waals surface area contributed by atoms with Crippen LogP contribution in [0.4, 0.5) is 0 Å². The monoisotopic (exact) mass is 201 g/mol. The molecule has 2 N–H and O–H groups in total. The van der Waals surface area contributed by atoms with E-state index in [1.54, 1.807) is 0 Å². The fraction of sp³-hybridized carbons (Fsp3) is 1.00. The third kappa shape index (κ3) is 9.96. The van der Waals surface area contributed by atoms with Crippen molar-refractivity contribution in [3.63, 3.8) is 0 Å². The number of hydrogen-bond donors (Lipinski definition) is 1. The summed E-state index contributed by atoms with van der Waals surface area (Å²) in [6.45, 7) is 5.04. The van der Waals surface area contributed by atoms with E-state index < -0.39 is 0 Å². The molecule has 0 aromatic heterocycles. The number of nitrogens with two attached hydrogens (primary N) is 1. The summed E-state index contributed by atoms with van der Waals surface area (Å²) in [5.74, 6) is 0. The SMILES string of the molecule is C1CO1.CC1CO1.NC1CCCCC1. The summed E-state index contributed by atoms with van der Waals surface area (Å²) in [6.07, 6.45) is 7.25. The van der Waals surface area contributed by atoms with E-state index >= 15 is 0 Å². The standard InChI is InChI=1S/C6H13N.C3H6O.C2H4O/c7-6-4-2-1-3-5-6;1-3-2-4-3;1-2-3-1/h6H,1-5,7H2;3H,2H2,1H3;1-2H2. The van der Waals surface area contributed by atoms with Crippen molar-refractivity contribution >= 4 is 0 Å². The molecule has 3 aliphatic rings. The molecule has 1 unspecified atom stereocenters. The Labute approximate surface area is 86.9 Å². The molecule has 0 aromatic carbocycles. The first-order chi connectivity index (χ1) is 6.79. The van der Waals surface area contributed by atoms with Gasteiger partial charge in [0.2, 0.25) is 0 Å². The van der Waals surface area contributed by atoms with E-state index in [4.69, 9.17) is 10.5 Å². The zero-order valence-electron chi connectivity index (χ0n) is 9.21. The molecule has 0 radical (unpaired) electrons. The Balaban J connectivity index is 0.000000117. The Kier molecular flexibility index (Phi) is 6.15. The summed E-state index contributed by atoms with van der Waals surface area (Å²) < 4.78 is 9.21. The highest BCUT2D eigenvalue weighted by Crippen LogP contribution is 2.14. The van der Waals surface area contributed by atoms with Gasteiger partial charge < -0.3 is 15.2 Å². The topological polar surface area (TPSA) is 51.1 Å². The highest BCUT2D eigenvalue weighted by Gasteiger charge is 2.13. The Bertz CT molecular complexity index is 126. The lowest BCUT2D eigenvalue weighted by Crippen LogP contribution is -2.22. The molecule has 1 saturated carbocycles. The van der Waals surface area contributed by atoms with E-state index in [0.717, 1.165) is 19.8 Å². The smallest absolute Gasteiger partial charge is 0.0781 e. The molecule has 0 aromatic rings. The van der Waals surface area contributed by atoms with Crippen LogP contribution < -0.4 is 5.73 Å². The molecule has 14 heavy (non-hydrogen) atoms. The molecule has 2 saturated heterocycles. The van der Waals surface area contributed by atoms with E-state index in [1.807, 2.05) is 0 Å². The van der Waals surface area contributed by atoms with Crippen molar-refractivity contribution in [1.82, 2.24) is 0 Å². The van der Waals surface area contributed by atoms with Crippen molar-refractivity contribution in [2.75, 3.05) is 19.8 Å². The predicted octanol–water partition coefficient (Wildman–Crippen LogP) is 1.70. The van der Waals surface area contributed by atoms with Gasteiger partial charge in [0.05, 0.1) is 25.9 Å². The third-order valence-corrected chi connectivity index (χ3v) is 2.35. The quantitative estimate of drug-likeness (QED) is 0.607. The van der Waals surface area contributed by atoms with Crippen LogP contribution >= 0.6 is 0 Å². The van der Waals surface area contributed by atoms with Crippen molar-refractivity contribution in [2.45, 2.75) is 51.2 Å². The van der Waals surface area contributed by atoms with Gasteiger partial charge in [-0.1, -0.05) is 19.3 Å². The lowest BCUT2D eigenvalue weighted by Gasteiger charge is -2.15. The molecule has 3 fully saturated rings. The van der Waals surface area contributed by atoms with Crippen LogP contribution in [0.2, 0.25) is 0 Å². The van der Waals surface area contributed by atoms with Gasteiger partial charge in [0.15, 0.2) is 0 Å². The first-order valence-electron chi connectivity index (χ1n) is 5.74. The maximum Gasteiger partial charge on any atom is 0.0781 e. The summed E-state index contributed by atoms with van der Waals surface area (Å²) in [6, 6.07) is 0.536. The normalized spacial score (nSPS) is 29.1. The van der Waals surface area contributed by atoms with Crippen LogP contribution in [0.25, 0.3) is 0 Å². The molecule has 3 nitrogen and oxygen atoms in total. The Morgan fingerprint density at radius 2 is 1.50 bits per heavy atom. The van der Waals surface area contributed by atoms with Crippen LogP contribution in [0.5, 0.6) is 0 Å². The third-order valence-electron chi connectivity index (χ3n) is 2.35. The Morgan fingerprint density at radius 3 is 1.64 bits per heavy atom. The van der Waals surface area contributed by atoms with E-state index in [9.17, 15) is 0 Å². The van der Waals surface area contributed by atoms with Crippen LogP contribution in [0.15, 0.2) is 0 Å². The minimum atomic E-state index is 0.536. The molecule has 2 aliphatic heterocycles. The molecule has 0 bridgehead atoms. The van der Waals surface area contributed by atoms with Crippen molar-refractivity contribution in [3.8, 4) is 0 Å². The fourth-order valence-corrected chi connectivity index (χ4v) is 1.23. The number of epoxide rings is 2. The second-order valence-corrected chi connectivity index (χ2v) is 4.15. The van der Waals surface area contributed by atoms with Crippen LogP contribution in [0.1, 0.15) is 39.0 Å². The average Bonchev–Trinajstić information content (AvgIpc) is 3.02. The average molecular weight is 201 g/mol. The highest BCUT2D eigenvalue weighted by molar-refractivity contribution is 4.66. The minimum absolute atomic E-state index is 0.536. The van der Waals surface area contributed by atoms with Gasteiger partial charge in [-0.05, 0) is 19.8 Å². The summed E-state index contributed by atoms with van der Waals surface area (Å²) in [7, 11) is 0. The summed E-state index contributed by atoms with van der Waals surface area (Å²) in [5.41, 5.74) is 5.63. The number of hydrogen-bond acceptors (Lipinski definition) is 3. The predicted molar refractivity (Wildman–Crippen MR) is 57.3 cm³/mol. The lowest BCUT2D eigenvalue weighted by atomic mass is 9.97. The van der Waals surface area contributed by atoms with E-state index in [2.05, 4.69) is 11.7 Å². The Hall–Kier alpha value is -0.120. The van der Waals surface area contributed by atoms with Gasteiger partial charge in [-0.25, -0.2) is 0 Å². The van der Waals surface area contributed by atoms with Gasteiger partial charge in [0.25, 0.3) is 0 Å². The summed E-state index contributed by atoms with van der Waals surface area (Å²) >= 11 is 0. The van der Waals surface area contributed by atoms with Crippen molar-refractivity contribution in [3.05, 3.63) is 0 Å². The zero-order valence-corrected chi connectivity index (χ0v) is 9.21. The first-order valence-corrected chi connectivity index (χ1v) is 5.74. The molecule has 0 amide bonds. The van der Waals surface area contributed by atoms with E-state index in [1.165, 1.54) is 32.1 Å². The molecule has 0 spiro atoms. The minimum Gasteiger partial charge on any atom is -0.377 e. The van der Waals surface area contributed by atoms with Gasteiger partial charge in [-0.2, -0.15) is 0 Å². The van der Waals surface area contributed by atoms with Crippen LogP contribution in [-0.4, -0.2) is 32.0 Å². The van der Waals surface area contributed by atoms with Gasteiger partial charge in [0, 0.05) is 6.04 Å². The molecule has 1 aliphatic carbocycles. The highest BCUT2D eigenvalue weighted by atomic mass is 16.6. The maximum atomic E-state index is 5.63. The second-order valence-electron chi connectivity index (χ2n) is 4.15. The maximum absolute atomic E-state index is 5.63. The van der Waals surface area contributed by atoms with E-state index in [-0.39, 0.29) is 0 Å². The summed E-state index contributed by atoms with van der Waals surface area (Å²) in [4.78, 5) is 0. The molecular weight excluding hydrogens is 178 g/mol. The van der Waals surface area contributed by atoms with Crippen LogP contribution in [-0.2, 0) is 9.47 Å². The molecular formula is C11H23NO2. The Morgan fingerprint density at radius 1 is 1.07 bits per heavy atom. The lowest BCUT2D eigenvalue weighted by molar-refractivity contribution is 0.423.